The molecule has 1 fully saturated rings. The van der Waals surface area contributed by atoms with Crippen LogP contribution in [0.3, 0.4) is 0 Å². The van der Waals surface area contributed by atoms with Crippen molar-refractivity contribution in [1.29, 1.82) is 0 Å². The van der Waals surface area contributed by atoms with E-state index < -0.39 is 12.2 Å². The van der Waals surface area contributed by atoms with Crippen LogP contribution in [0.4, 0.5) is 0 Å². The summed E-state index contributed by atoms with van der Waals surface area (Å²) >= 11 is 5.87. The minimum absolute atomic E-state index is 0.161. The first-order valence-electron chi connectivity index (χ1n) is 6.31. The molecule has 0 saturated carbocycles. The highest BCUT2D eigenvalue weighted by Crippen LogP contribution is 2.30. The van der Waals surface area contributed by atoms with E-state index in [9.17, 15) is 5.11 Å². The van der Waals surface area contributed by atoms with Gasteiger partial charge in [-0.15, -0.1) is 0 Å². The lowest BCUT2D eigenvalue weighted by atomic mass is 9.88. The van der Waals surface area contributed by atoms with Gasteiger partial charge in [0.15, 0.2) is 0 Å². The lowest BCUT2D eigenvalue weighted by molar-refractivity contribution is -0.151. The highest BCUT2D eigenvalue weighted by Gasteiger charge is 2.39. The van der Waals surface area contributed by atoms with E-state index in [0.29, 0.717) is 11.6 Å². The van der Waals surface area contributed by atoms with Crippen molar-refractivity contribution in [3.8, 4) is 0 Å². The molecule has 3 nitrogen and oxygen atoms in total. The topological polar surface area (TPSA) is 38.7 Å². The summed E-state index contributed by atoms with van der Waals surface area (Å²) in [5.41, 5.74) is 1.66. The van der Waals surface area contributed by atoms with Crippen LogP contribution in [0.25, 0.3) is 5.57 Å². The summed E-state index contributed by atoms with van der Waals surface area (Å²) in [6, 6.07) is 7.35. The number of aliphatic hydroxyl groups excluding tert-OH is 1. The van der Waals surface area contributed by atoms with Crippen LogP contribution in [0.2, 0.25) is 5.02 Å². The summed E-state index contributed by atoms with van der Waals surface area (Å²) in [6.45, 7) is 6.59. The highest BCUT2D eigenvalue weighted by molar-refractivity contribution is 6.30. The first kappa shape index (κ1) is 14.5. The molecule has 0 aromatic heterocycles. The fourth-order valence-corrected chi connectivity index (χ4v) is 2.59. The molecule has 0 spiro atoms. The third-order valence-electron chi connectivity index (χ3n) is 3.58. The molecule has 1 aliphatic rings. The molecule has 4 heteroatoms. The number of ether oxygens (including phenoxy) is 2. The predicted octanol–water partition coefficient (Wildman–Crippen LogP) is 2.76. The van der Waals surface area contributed by atoms with Crippen LogP contribution >= 0.6 is 11.6 Å². The Labute approximate surface area is 118 Å². The largest absolute Gasteiger partial charge is 0.387 e. The predicted molar refractivity (Wildman–Crippen MR) is 76.2 cm³/mol. The fourth-order valence-electron chi connectivity index (χ4n) is 2.46. The van der Waals surface area contributed by atoms with E-state index in [-0.39, 0.29) is 12.0 Å². The average molecular weight is 283 g/mol. The maximum Gasteiger partial charge on any atom is 0.111 e. The molecular weight excluding hydrogens is 264 g/mol. The summed E-state index contributed by atoms with van der Waals surface area (Å²) < 4.78 is 11.1. The number of methoxy groups -OCH3 is 1. The SMILES string of the molecule is C=C(c1ccc(Cl)cc1)[C@@H]1OC[C@H](C)[C@H](OC)[C@H]1O. The number of hydrogen-bond donors (Lipinski definition) is 1. The van der Waals surface area contributed by atoms with E-state index in [1.807, 2.05) is 19.1 Å². The Morgan fingerprint density at radius 2 is 2.05 bits per heavy atom. The lowest BCUT2D eigenvalue weighted by Gasteiger charge is -2.39. The van der Waals surface area contributed by atoms with Crippen molar-refractivity contribution in [2.24, 2.45) is 5.92 Å². The van der Waals surface area contributed by atoms with Crippen molar-refractivity contribution in [2.45, 2.75) is 25.2 Å². The Morgan fingerprint density at radius 3 is 2.63 bits per heavy atom. The third-order valence-corrected chi connectivity index (χ3v) is 3.83. The minimum Gasteiger partial charge on any atom is -0.387 e. The number of rotatable bonds is 3. The number of hydrogen-bond acceptors (Lipinski definition) is 3. The van der Waals surface area contributed by atoms with Gasteiger partial charge in [0.2, 0.25) is 0 Å². The summed E-state index contributed by atoms with van der Waals surface area (Å²) in [5.74, 6) is 0.161. The standard InChI is InChI=1S/C15H19ClO3/c1-9-8-19-15(13(17)14(9)18-3)10(2)11-4-6-12(16)7-5-11/h4-7,9,13-15,17H,2,8H2,1,3H3/t9-,13+,14-,15-/m0/s1. The van der Waals surface area contributed by atoms with E-state index in [1.165, 1.54) is 0 Å². The van der Waals surface area contributed by atoms with Gasteiger partial charge in [-0.25, -0.2) is 0 Å². The Morgan fingerprint density at radius 1 is 1.42 bits per heavy atom. The first-order chi connectivity index (χ1) is 9.04. The molecule has 4 atom stereocenters. The monoisotopic (exact) mass is 282 g/mol. The first-order valence-corrected chi connectivity index (χ1v) is 6.69. The molecule has 1 aromatic carbocycles. The van der Waals surface area contributed by atoms with E-state index in [1.54, 1.807) is 19.2 Å². The van der Waals surface area contributed by atoms with E-state index >= 15 is 0 Å². The number of halogens is 1. The van der Waals surface area contributed by atoms with Gasteiger partial charge in [-0.1, -0.05) is 37.2 Å². The van der Waals surface area contributed by atoms with E-state index in [4.69, 9.17) is 21.1 Å². The molecule has 1 saturated heterocycles. The quantitative estimate of drug-likeness (QED) is 0.926. The summed E-state index contributed by atoms with van der Waals surface area (Å²) in [5, 5.41) is 11.0. The highest BCUT2D eigenvalue weighted by atomic mass is 35.5. The summed E-state index contributed by atoms with van der Waals surface area (Å²) in [6.07, 6.45) is -1.39. The molecule has 2 rings (SSSR count). The molecule has 0 aliphatic carbocycles. The molecule has 0 unspecified atom stereocenters. The molecule has 19 heavy (non-hydrogen) atoms. The molecule has 1 N–H and O–H groups in total. The van der Waals surface area contributed by atoms with E-state index in [0.717, 1.165) is 11.1 Å². The third kappa shape index (κ3) is 3.00. The summed E-state index contributed by atoms with van der Waals surface area (Å²) in [7, 11) is 1.61. The minimum atomic E-state index is -0.711. The van der Waals surface area contributed by atoms with Crippen molar-refractivity contribution in [3.63, 3.8) is 0 Å². The Balaban J connectivity index is 2.17. The lowest BCUT2D eigenvalue weighted by Crippen LogP contribution is -2.50. The second kappa shape index (κ2) is 6.06. The van der Waals surface area contributed by atoms with Gasteiger partial charge < -0.3 is 14.6 Å². The van der Waals surface area contributed by atoms with Crippen molar-refractivity contribution in [1.82, 2.24) is 0 Å². The second-order valence-electron chi connectivity index (χ2n) is 4.95. The zero-order chi connectivity index (χ0) is 14.0. The van der Waals surface area contributed by atoms with Crippen LogP contribution in [0.1, 0.15) is 12.5 Å². The molecule has 1 aliphatic heterocycles. The molecule has 104 valence electrons. The molecule has 1 aromatic rings. The normalized spacial score (nSPS) is 31.2. The Bertz CT molecular complexity index is 443. The smallest absolute Gasteiger partial charge is 0.111 e. The molecule has 0 bridgehead atoms. The maximum absolute atomic E-state index is 10.3. The average Bonchev–Trinajstić information content (AvgIpc) is 2.39. The zero-order valence-corrected chi connectivity index (χ0v) is 11.9. The maximum atomic E-state index is 10.3. The second-order valence-corrected chi connectivity index (χ2v) is 5.39. The van der Waals surface area contributed by atoms with Gasteiger partial charge in [-0.05, 0) is 23.3 Å². The van der Waals surface area contributed by atoms with Crippen LogP contribution in [-0.2, 0) is 9.47 Å². The van der Waals surface area contributed by atoms with Crippen molar-refractivity contribution >= 4 is 17.2 Å². The van der Waals surface area contributed by atoms with Crippen molar-refractivity contribution in [3.05, 3.63) is 41.4 Å². The number of benzene rings is 1. The number of aliphatic hydroxyl groups is 1. The van der Waals surface area contributed by atoms with Crippen LogP contribution in [0.5, 0.6) is 0 Å². The van der Waals surface area contributed by atoms with Gasteiger partial charge in [-0.3, -0.25) is 0 Å². The summed E-state index contributed by atoms with van der Waals surface area (Å²) in [4.78, 5) is 0. The van der Waals surface area contributed by atoms with Crippen molar-refractivity contribution < 1.29 is 14.6 Å². The van der Waals surface area contributed by atoms with Gasteiger partial charge in [-0.2, -0.15) is 0 Å². The van der Waals surface area contributed by atoms with Gasteiger partial charge in [0.05, 0.1) is 12.7 Å². The van der Waals surface area contributed by atoms with Crippen LogP contribution < -0.4 is 0 Å². The van der Waals surface area contributed by atoms with Crippen LogP contribution in [0.15, 0.2) is 30.8 Å². The molecular formula is C15H19ClO3. The van der Waals surface area contributed by atoms with Gasteiger partial charge >= 0.3 is 0 Å². The van der Waals surface area contributed by atoms with Gasteiger partial charge in [0.1, 0.15) is 12.2 Å². The Hall–Kier alpha value is -0.870. The zero-order valence-electron chi connectivity index (χ0n) is 11.2. The van der Waals surface area contributed by atoms with Crippen molar-refractivity contribution in [2.75, 3.05) is 13.7 Å². The Kier molecular flexibility index (Phi) is 4.63. The van der Waals surface area contributed by atoms with Gasteiger partial charge in [0.25, 0.3) is 0 Å². The molecule has 1 heterocycles. The molecule has 0 amide bonds. The van der Waals surface area contributed by atoms with Gasteiger partial charge in [0, 0.05) is 18.1 Å². The van der Waals surface area contributed by atoms with Crippen LogP contribution in [-0.4, -0.2) is 37.1 Å². The van der Waals surface area contributed by atoms with Crippen LogP contribution in [0, 0.1) is 5.92 Å². The fraction of sp³-hybridized carbons (Fsp3) is 0.467. The van der Waals surface area contributed by atoms with E-state index in [2.05, 4.69) is 6.58 Å². The molecule has 0 radical (unpaired) electrons.